The molecule has 150 valence electrons. The smallest absolute Gasteiger partial charge is 0.267 e. The molecule has 1 atom stereocenters. The molecule has 4 rings (SSSR count). The maximum atomic E-state index is 13.6. The van der Waals surface area contributed by atoms with Gasteiger partial charge in [-0.15, -0.1) is 6.42 Å². The normalized spacial score (nSPS) is 11.5. The molecule has 0 bridgehead atoms. The zero-order chi connectivity index (χ0) is 22.0. The zero-order valence-electron chi connectivity index (χ0n) is 16.6. The van der Waals surface area contributed by atoms with E-state index in [0.29, 0.717) is 28.0 Å². The Morgan fingerprint density at radius 3 is 2.61 bits per heavy atom. The molecule has 3 N–H and O–H groups in total. The Labute approximate surface area is 178 Å². The first-order chi connectivity index (χ1) is 15.0. The second-order valence-electron chi connectivity index (χ2n) is 6.76. The van der Waals surface area contributed by atoms with Crippen molar-refractivity contribution in [1.82, 2.24) is 19.5 Å². The average Bonchev–Trinajstić information content (AvgIpc) is 2.79. The zero-order valence-corrected chi connectivity index (χ0v) is 16.6. The number of hydrogen-bond acceptors (Lipinski definition) is 7. The first-order valence-electron chi connectivity index (χ1n) is 9.40. The van der Waals surface area contributed by atoms with E-state index >= 15 is 0 Å². The summed E-state index contributed by atoms with van der Waals surface area (Å²) in [6.07, 6.45) is 6.97. The van der Waals surface area contributed by atoms with Crippen LogP contribution < -0.4 is 16.6 Å². The van der Waals surface area contributed by atoms with Crippen molar-refractivity contribution in [2.24, 2.45) is 0 Å². The molecule has 31 heavy (non-hydrogen) atoms. The third-order valence-corrected chi connectivity index (χ3v) is 4.76. The number of nitrogens with two attached hydrogens (primary N) is 1. The summed E-state index contributed by atoms with van der Waals surface area (Å²) < 4.78 is 1.51. The summed E-state index contributed by atoms with van der Waals surface area (Å²) in [6.45, 7) is 1.82. The van der Waals surface area contributed by atoms with Gasteiger partial charge in [0.15, 0.2) is 0 Å². The molecule has 4 aromatic rings. The molecule has 0 aliphatic rings. The minimum atomic E-state index is -0.506. The van der Waals surface area contributed by atoms with Gasteiger partial charge in [0, 0.05) is 5.56 Å². The largest absolute Gasteiger partial charge is 0.368 e. The molecule has 0 fully saturated rings. The summed E-state index contributed by atoms with van der Waals surface area (Å²) in [5.41, 5.74) is 7.23. The molecule has 8 nitrogen and oxygen atoms in total. The van der Waals surface area contributed by atoms with Gasteiger partial charge in [0.05, 0.1) is 28.8 Å². The van der Waals surface area contributed by atoms with E-state index in [1.807, 2.05) is 43.3 Å². The van der Waals surface area contributed by atoms with E-state index in [-0.39, 0.29) is 22.9 Å². The van der Waals surface area contributed by atoms with Crippen LogP contribution in [0.3, 0.4) is 0 Å². The van der Waals surface area contributed by atoms with E-state index in [2.05, 4.69) is 21.2 Å². The minimum Gasteiger partial charge on any atom is -0.368 e. The van der Waals surface area contributed by atoms with Crippen molar-refractivity contribution in [2.45, 2.75) is 13.0 Å². The number of terminal acetylenes is 1. The highest BCUT2D eigenvalue weighted by Crippen LogP contribution is 2.23. The van der Waals surface area contributed by atoms with Crippen molar-refractivity contribution in [3.05, 3.63) is 82.0 Å². The summed E-state index contributed by atoms with van der Waals surface area (Å²) in [5.74, 6) is 3.28. The topological polar surface area (TPSA) is 123 Å². The van der Waals surface area contributed by atoms with E-state index in [9.17, 15) is 10.1 Å². The Morgan fingerprint density at radius 1 is 1.13 bits per heavy atom. The molecule has 0 radical (unpaired) electrons. The predicted molar refractivity (Wildman–Crippen MR) is 118 cm³/mol. The number of benzene rings is 2. The highest BCUT2D eigenvalue weighted by atomic mass is 16.1. The lowest BCUT2D eigenvalue weighted by atomic mass is 10.1. The SMILES string of the molecule is C#Cc1cccc2nc([C@H](C)Nc3nc(N)ncc3C#N)n(-c3ccccc3)c(=O)c12. The second-order valence-corrected chi connectivity index (χ2v) is 6.76. The third kappa shape index (κ3) is 3.54. The van der Waals surface area contributed by atoms with Crippen molar-refractivity contribution < 1.29 is 0 Å². The van der Waals surface area contributed by atoms with Gasteiger partial charge in [0.25, 0.3) is 5.56 Å². The number of rotatable bonds is 4. The van der Waals surface area contributed by atoms with Crippen molar-refractivity contribution in [3.8, 4) is 24.1 Å². The number of fused-ring (bicyclic) bond motifs is 1. The van der Waals surface area contributed by atoms with Gasteiger partial charge in [-0.25, -0.2) is 9.97 Å². The van der Waals surface area contributed by atoms with Crippen molar-refractivity contribution in [2.75, 3.05) is 11.1 Å². The van der Waals surface area contributed by atoms with Gasteiger partial charge in [-0.1, -0.05) is 30.2 Å². The maximum absolute atomic E-state index is 13.6. The fourth-order valence-electron chi connectivity index (χ4n) is 3.34. The average molecular weight is 407 g/mol. The van der Waals surface area contributed by atoms with Gasteiger partial charge in [-0.2, -0.15) is 10.2 Å². The molecule has 2 aromatic carbocycles. The van der Waals surface area contributed by atoms with E-state index in [0.717, 1.165) is 0 Å². The highest BCUT2D eigenvalue weighted by Gasteiger charge is 2.20. The lowest BCUT2D eigenvalue weighted by Gasteiger charge is -2.20. The Morgan fingerprint density at radius 2 is 1.90 bits per heavy atom. The van der Waals surface area contributed by atoms with Crippen LogP contribution in [0.4, 0.5) is 11.8 Å². The Kier molecular flexibility index (Phi) is 5.05. The molecule has 0 saturated heterocycles. The van der Waals surface area contributed by atoms with E-state index in [1.54, 1.807) is 18.2 Å². The number of nitrogen functional groups attached to an aromatic ring is 1. The van der Waals surface area contributed by atoms with Crippen LogP contribution in [0.5, 0.6) is 0 Å². The molecule has 8 heteroatoms. The van der Waals surface area contributed by atoms with E-state index in [4.69, 9.17) is 17.1 Å². The number of nitrogens with zero attached hydrogens (tertiary/aromatic N) is 5. The van der Waals surface area contributed by atoms with Gasteiger partial charge in [-0.05, 0) is 31.2 Å². The lowest BCUT2D eigenvalue weighted by molar-refractivity contribution is 0.730. The molecule has 0 aliphatic heterocycles. The number of nitriles is 1. The van der Waals surface area contributed by atoms with E-state index < -0.39 is 6.04 Å². The molecule has 0 unspecified atom stereocenters. The van der Waals surface area contributed by atoms with Crippen LogP contribution in [-0.2, 0) is 0 Å². The summed E-state index contributed by atoms with van der Waals surface area (Å²) in [5, 5.41) is 12.9. The molecular weight excluding hydrogens is 390 g/mol. The van der Waals surface area contributed by atoms with Crippen molar-refractivity contribution >= 4 is 22.7 Å². The fraction of sp³-hybridized carbons (Fsp3) is 0.0870. The highest BCUT2D eigenvalue weighted by molar-refractivity contribution is 5.84. The summed E-state index contributed by atoms with van der Waals surface area (Å²) in [6, 6.07) is 15.9. The number of hydrogen-bond donors (Lipinski definition) is 2. The molecule has 0 aliphatic carbocycles. The lowest BCUT2D eigenvalue weighted by Crippen LogP contribution is -2.28. The van der Waals surface area contributed by atoms with Gasteiger partial charge >= 0.3 is 0 Å². The second kappa shape index (κ2) is 7.97. The van der Waals surface area contributed by atoms with Gasteiger partial charge < -0.3 is 11.1 Å². The van der Waals surface area contributed by atoms with Crippen LogP contribution in [0, 0.1) is 23.7 Å². The molecule has 2 heterocycles. The van der Waals surface area contributed by atoms with Crippen LogP contribution >= 0.6 is 0 Å². The number of anilines is 2. The van der Waals surface area contributed by atoms with Crippen molar-refractivity contribution in [3.63, 3.8) is 0 Å². The quantitative estimate of drug-likeness (QED) is 0.499. The number of para-hydroxylation sites is 1. The first-order valence-corrected chi connectivity index (χ1v) is 9.40. The van der Waals surface area contributed by atoms with Crippen LogP contribution in [-0.4, -0.2) is 19.5 Å². The van der Waals surface area contributed by atoms with Crippen LogP contribution in [0.15, 0.2) is 59.5 Å². The Bertz CT molecular complexity index is 1430. The fourth-order valence-corrected chi connectivity index (χ4v) is 3.34. The maximum Gasteiger partial charge on any atom is 0.267 e. The summed E-state index contributed by atoms with van der Waals surface area (Å²) in [7, 11) is 0. The minimum absolute atomic E-state index is 0.0271. The third-order valence-electron chi connectivity index (χ3n) is 4.76. The molecule has 2 aromatic heterocycles. The summed E-state index contributed by atoms with van der Waals surface area (Å²) in [4.78, 5) is 26.3. The molecule has 0 saturated carbocycles. The monoisotopic (exact) mass is 407 g/mol. The molecule has 0 spiro atoms. The Balaban J connectivity index is 1.96. The molecule has 0 amide bonds. The Hall–Kier alpha value is -4.69. The standard InChI is InChI=1S/C23H17N7O/c1-3-15-8-7-11-18-19(15)22(31)30(17-9-5-4-6-10-17)21(28-18)14(2)27-20-16(12-24)13-26-23(25)29-20/h1,4-11,13-14H,2H3,(H3,25,26,27,29)/t14-/m0/s1. The van der Waals surface area contributed by atoms with Crippen molar-refractivity contribution in [1.29, 1.82) is 5.26 Å². The first kappa shape index (κ1) is 19.6. The van der Waals surface area contributed by atoms with Gasteiger partial charge in [0.2, 0.25) is 5.95 Å². The molecular formula is C23H17N7O. The summed E-state index contributed by atoms with van der Waals surface area (Å²) >= 11 is 0. The van der Waals surface area contributed by atoms with Gasteiger partial charge in [0.1, 0.15) is 23.3 Å². The number of aromatic nitrogens is 4. The van der Waals surface area contributed by atoms with Crippen LogP contribution in [0.2, 0.25) is 0 Å². The van der Waals surface area contributed by atoms with Crippen LogP contribution in [0.1, 0.15) is 29.9 Å². The van der Waals surface area contributed by atoms with Gasteiger partial charge in [-0.3, -0.25) is 9.36 Å². The number of nitrogens with one attached hydrogen (secondary N) is 1. The predicted octanol–water partition coefficient (Wildman–Crippen LogP) is 2.78. The van der Waals surface area contributed by atoms with Crippen LogP contribution in [0.25, 0.3) is 16.6 Å². The van der Waals surface area contributed by atoms with E-state index in [1.165, 1.54) is 10.8 Å².